The lowest BCUT2D eigenvalue weighted by Gasteiger charge is -2.02. The molecule has 0 fully saturated rings. The van der Waals surface area contributed by atoms with Crippen LogP contribution in [0.3, 0.4) is 0 Å². The van der Waals surface area contributed by atoms with Crippen molar-refractivity contribution < 1.29 is 4.79 Å². The van der Waals surface area contributed by atoms with Crippen LogP contribution in [0.2, 0.25) is 0 Å². The minimum atomic E-state index is -0.194. The van der Waals surface area contributed by atoms with Gasteiger partial charge in [-0.2, -0.15) is 5.10 Å². The van der Waals surface area contributed by atoms with Crippen LogP contribution in [0.25, 0.3) is 0 Å². The maximum absolute atomic E-state index is 11.9. The lowest BCUT2D eigenvalue weighted by Crippen LogP contribution is -2.18. The van der Waals surface area contributed by atoms with Crippen molar-refractivity contribution >= 4 is 34.7 Å². The number of nitrogens with one attached hydrogen (secondary N) is 1. The van der Waals surface area contributed by atoms with Gasteiger partial charge in [-0.05, 0) is 58.8 Å². The van der Waals surface area contributed by atoms with Gasteiger partial charge >= 0.3 is 0 Å². The highest BCUT2D eigenvalue weighted by atomic mass is 127. The highest BCUT2D eigenvalue weighted by molar-refractivity contribution is 14.1. The number of carbonyl (C=O) groups excluding carboxylic acids is 1. The van der Waals surface area contributed by atoms with Gasteiger partial charge in [-0.3, -0.25) is 4.79 Å². The van der Waals surface area contributed by atoms with Gasteiger partial charge < -0.3 is 0 Å². The third kappa shape index (κ3) is 3.89. The van der Waals surface area contributed by atoms with Crippen LogP contribution in [0.5, 0.6) is 0 Å². The molecule has 4 heteroatoms. The van der Waals surface area contributed by atoms with Crippen molar-refractivity contribution in [2.24, 2.45) is 5.10 Å². The Morgan fingerprint density at radius 3 is 2.74 bits per heavy atom. The molecule has 0 radical (unpaired) electrons. The van der Waals surface area contributed by atoms with Crippen molar-refractivity contribution in [1.29, 1.82) is 0 Å². The smallest absolute Gasteiger partial charge is 0.267 e. The third-order valence-corrected chi connectivity index (χ3v) is 3.29. The second-order valence-electron chi connectivity index (χ2n) is 4.07. The Balaban J connectivity index is 2.03. The number of rotatable bonds is 3. The molecule has 2 rings (SSSR count). The molecule has 0 spiro atoms. The summed E-state index contributed by atoms with van der Waals surface area (Å²) in [6.45, 7) is 1.90. The van der Waals surface area contributed by atoms with E-state index in [0.717, 1.165) is 14.7 Å². The minimum absolute atomic E-state index is 0.194. The van der Waals surface area contributed by atoms with Gasteiger partial charge in [0.15, 0.2) is 0 Å². The molecule has 19 heavy (non-hydrogen) atoms. The number of benzene rings is 2. The van der Waals surface area contributed by atoms with Crippen molar-refractivity contribution in [3.8, 4) is 0 Å². The normalized spacial score (nSPS) is 10.6. The zero-order valence-corrected chi connectivity index (χ0v) is 12.6. The molecule has 0 saturated heterocycles. The number of hydrazone groups is 1. The quantitative estimate of drug-likeness (QED) is 0.507. The molecule has 0 atom stereocenters. The molecule has 3 nitrogen and oxygen atoms in total. The summed E-state index contributed by atoms with van der Waals surface area (Å²) in [5.41, 5.74) is 5.07. The molecule has 2 aromatic rings. The van der Waals surface area contributed by atoms with E-state index in [1.165, 1.54) is 0 Å². The Hall–Kier alpha value is -1.69. The van der Waals surface area contributed by atoms with Gasteiger partial charge in [0.2, 0.25) is 0 Å². The second kappa shape index (κ2) is 6.47. The van der Waals surface area contributed by atoms with Crippen LogP contribution in [0, 0.1) is 10.5 Å². The first-order valence-corrected chi connectivity index (χ1v) is 6.89. The highest BCUT2D eigenvalue weighted by Gasteiger charge is 2.05. The first-order chi connectivity index (χ1) is 9.16. The van der Waals surface area contributed by atoms with E-state index >= 15 is 0 Å². The lowest BCUT2D eigenvalue weighted by molar-refractivity contribution is 0.0954. The number of aryl methyl sites for hydroxylation is 1. The average molecular weight is 364 g/mol. The zero-order valence-electron chi connectivity index (χ0n) is 10.4. The van der Waals surface area contributed by atoms with Crippen LogP contribution in [0.4, 0.5) is 0 Å². The zero-order chi connectivity index (χ0) is 13.7. The minimum Gasteiger partial charge on any atom is -0.267 e. The summed E-state index contributed by atoms with van der Waals surface area (Å²) in [7, 11) is 0. The van der Waals surface area contributed by atoms with Crippen molar-refractivity contribution in [3.63, 3.8) is 0 Å². The Bertz CT molecular complexity index is 623. The van der Waals surface area contributed by atoms with E-state index in [9.17, 15) is 4.79 Å². The van der Waals surface area contributed by atoms with Crippen LogP contribution >= 0.6 is 22.6 Å². The fraction of sp³-hybridized carbons (Fsp3) is 0.0667. The fourth-order valence-electron chi connectivity index (χ4n) is 1.64. The summed E-state index contributed by atoms with van der Waals surface area (Å²) in [6.07, 6.45) is 1.64. The topological polar surface area (TPSA) is 41.5 Å². The first-order valence-electron chi connectivity index (χ1n) is 5.81. The van der Waals surface area contributed by atoms with Crippen LogP contribution in [-0.4, -0.2) is 12.1 Å². The molecule has 96 valence electrons. The SMILES string of the molecule is Cc1ccccc1C(=O)N/N=C\c1cccc(I)c1. The Morgan fingerprint density at radius 1 is 1.21 bits per heavy atom. The number of hydrogen-bond donors (Lipinski definition) is 1. The summed E-state index contributed by atoms with van der Waals surface area (Å²) in [4.78, 5) is 11.9. The van der Waals surface area contributed by atoms with Gasteiger partial charge in [0, 0.05) is 9.13 Å². The molecular formula is C15H13IN2O. The molecule has 0 saturated carbocycles. The molecule has 1 amide bonds. The monoisotopic (exact) mass is 364 g/mol. The average Bonchev–Trinajstić information content (AvgIpc) is 2.39. The first kappa shape index (κ1) is 13.7. The standard InChI is InChI=1S/C15H13IN2O/c1-11-5-2-3-8-14(11)15(19)18-17-10-12-6-4-7-13(16)9-12/h2-10H,1H3,(H,18,19)/b17-10-. The molecular weight excluding hydrogens is 351 g/mol. The molecule has 0 aliphatic heterocycles. The molecule has 0 bridgehead atoms. The fourth-order valence-corrected chi connectivity index (χ4v) is 2.21. The van der Waals surface area contributed by atoms with Gasteiger partial charge in [-0.15, -0.1) is 0 Å². The van der Waals surface area contributed by atoms with E-state index in [4.69, 9.17) is 0 Å². The Morgan fingerprint density at radius 2 is 2.00 bits per heavy atom. The van der Waals surface area contributed by atoms with E-state index in [2.05, 4.69) is 33.1 Å². The Kier molecular flexibility index (Phi) is 4.68. The summed E-state index contributed by atoms with van der Waals surface area (Å²) >= 11 is 2.24. The van der Waals surface area contributed by atoms with E-state index in [-0.39, 0.29) is 5.91 Å². The lowest BCUT2D eigenvalue weighted by atomic mass is 10.1. The second-order valence-corrected chi connectivity index (χ2v) is 5.31. The third-order valence-electron chi connectivity index (χ3n) is 2.62. The van der Waals surface area contributed by atoms with E-state index in [0.29, 0.717) is 5.56 Å². The predicted octanol–water partition coefficient (Wildman–Crippen LogP) is 3.36. The van der Waals surface area contributed by atoms with Gasteiger partial charge in [0.1, 0.15) is 0 Å². The number of nitrogens with zero attached hydrogens (tertiary/aromatic N) is 1. The van der Waals surface area contributed by atoms with E-state index in [1.807, 2.05) is 49.4 Å². The number of hydrogen-bond acceptors (Lipinski definition) is 2. The molecule has 2 aromatic carbocycles. The summed E-state index contributed by atoms with van der Waals surface area (Å²) in [5, 5.41) is 3.97. The van der Waals surface area contributed by atoms with Crippen molar-refractivity contribution in [2.75, 3.05) is 0 Å². The molecule has 0 aromatic heterocycles. The Labute approximate surface area is 125 Å². The van der Waals surface area contributed by atoms with Crippen LogP contribution in [0.15, 0.2) is 53.6 Å². The predicted molar refractivity (Wildman–Crippen MR) is 85.4 cm³/mol. The van der Waals surface area contributed by atoms with Crippen molar-refractivity contribution in [1.82, 2.24) is 5.43 Å². The molecule has 0 heterocycles. The number of halogens is 1. The van der Waals surface area contributed by atoms with Gasteiger partial charge in [0.05, 0.1) is 6.21 Å². The van der Waals surface area contributed by atoms with Gasteiger partial charge in [0.25, 0.3) is 5.91 Å². The van der Waals surface area contributed by atoms with Crippen LogP contribution in [-0.2, 0) is 0 Å². The van der Waals surface area contributed by atoms with E-state index < -0.39 is 0 Å². The number of amides is 1. The molecule has 0 aliphatic rings. The van der Waals surface area contributed by atoms with E-state index in [1.54, 1.807) is 12.3 Å². The summed E-state index contributed by atoms with van der Waals surface area (Å²) < 4.78 is 1.13. The van der Waals surface area contributed by atoms with Crippen LogP contribution < -0.4 is 5.43 Å². The highest BCUT2D eigenvalue weighted by Crippen LogP contribution is 2.07. The summed E-state index contributed by atoms with van der Waals surface area (Å²) in [6, 6.07) is 15.3. The van der Waals surface area contributed by atoms with Gasteiger partial charge in [-0.25, -0.2) is 5.43 Å². The molecule has 0 unspecified atom stereocenters. The molecule has 0 aliphatic carbocycles. The van der Waals surface area contributed by atoms with Crippen molar-refractivity contribution in [2.45, 2.75) is 6.92 Å². The molecule has 1 N–H and O–H groups in total. The largest absolute Gasteiger partial charge is 0.271 e. The van der Waals surface area contributed by atoms with Crippen LogP contribution in [0.1, 0.15) is 21.5 Å². The number of carbonyl (C=O) groups is 1. The summed E-state index contributed by atoms with van der Waals surface area (Å²) in [5.74, 6) is -0.194. The van der Waals surface area contributed by atoms with Crippen molar-refractivity contribution in [3.05, 3.63) is 68.8 Å². The maximum Gasteiger partial charge on any atom is 0.271 e. The maximum atomic E-state index is 11.9. The van der Waals surface area contributed by atoms with Gasteiger partial charge in [-0.1, -0.05) is 30.3 Å².